The third-order valence-electron chi connectivity index (χ3n) is 1.44. The average Bonchev–Trinajstić information content (AvgIpc) is 1.79. The van der Waals surface area contributed by atoms with Gasteiger partial charge in [-0.15, -0.1) is 0 Å². The van der Waals surface area contributed by atoms with Gasteiger partial charge in [0, 0.05) is 6.42 Å². The van der Waals surface area contributed by atoms with Crippen molar-refractivity contribution in [3.63, 3.8) is 0 Å². The first kappa shape index (κ1) is 7.68. The van der Waals surface area contributed by atoms with Gasteiger partial charge >= 0.3 is 0 Å². The Balaban J connectivity index is 2.76. The van der Waals surface area contributed by atoms with E-state index in [9.17, 15) is 13.2 Å². The van der Waals surface area contributed by atoms with Crippen LogP contribution >= 0.6 is 0 Å². The lowest BCUT2D eigenvalue weighted by atomic mass is 10.2. The Hall–Kier alpha value is -0.420. The minimum absolute atomic E-state index is 0.0382. The summed E-state index contributed by atoms with van der Waals surface area (Å²) in [6, 6.07) is 0. The molecule has 1 fully saturated rings. The summed E-state index contributed by atoms with van der Waals surface area (Å²) in [5, 5.41) is 8.78. The Morgan fingerprint density at radius 1 is 1.50 bits per heavy atom. The monoisotopic (exact) mass is 164 g/mol. The van der Waals surface area contributed by atoms with Gasteiger partial charge in [0.1, 0.15) is 6.10 Å². The normalized spacial score (nSPS) is 32.1. The molecule has 0 aromatic heterocycles. The molecule has 1 aliphatic heterocycles. The lowest BCUT2D eigenvalue weighted by Gasteiger charge is -2.14. The number of hydrogen-bond acceptors (Lipinski definition) is 4. The molecule has 0 aliphatic carbocycles. The quantitative estimate of drug-likeness (QED) is 0.485. The molecule has 58 valence electrons. The highest BCUT2D eigenvalue weighted by Crippen LogP contribution is 2.07. The first-order valence-corrected chi connectivity index (χ1v) is 4.74. The average molecular weight is 164 g/mol. The van der Waals surface area contributed by atoms with Crippen molar-refractivity contribution in [1.82, 2.24) is 0 Å². The number of rotatable bonds is 0. The zero-order valence-corrected chi connectivity index (χ0v) is 6.10. The van der Waals surface area contributed by atoms with Crippen molar-refractivity contribution < 1.29 is 18.3 Å². The van der Waals surface area contributed by atoms with E-state index < -0.39 is 21.7 Å². The van der Waals surface area contributed by atoms with Gasteiger partial charge in [-0.1, -0.05) is 0 Å². The van der Waals surface area contributed by atoms with Gasteiger partial charge < -0.3 is 5.11 Å². The zero-order chi connectivity index (χ0) is 7.78. The van der Waals surface area contributed by atoms with E-state index in [0.29, 0.717) is 0 Å². The first-order valence-electron chi connectivity index (χ1n) is 2.92. The van der Waals surface area contributed by atoms with Crippen LogP contribution in [0.5, 0.6) is 0 Å². The van der Waals surface area contributed by atoms with Gasteiger partial charge in [0.2, 0.25) is 0 Å². The van der Waals surface area contributed by atoms with Crippen molar-refractivity contribution in [2.75, 3.05) is 11.5 Å². The highest BCUT2D eigenvalue weighted by atomic mass is 32.2. The number of aliphatic hydroxyl groups excluding tert-OH is 1. The van der Waals surface area contributed by atoms with Crippen molar-refractivity contribution in [1.29, 1.82) is 0 Å². The van der Waals surface area contributed by atoms with Crippen LogP contribution in [0.25, 0.3) is 0 Å². The van der Waals surface area contributed by atoms with Gasteiger partial charge in [-0.2, -0.15) is 0 Å². The Morgan fingerprint density at radius 3 is 2.50 bits per heavy atom. The zero-order valence-electron chi connectivity index (χ0n) is 5.28. The van der Waals surface area contributed by atoms with Crippen LogP contribution in [0.3, 0.4) is 0 Å². The molecule has 0 spiro atoms. The summed E-state index contributed by atoms with van der Waals surface area (Å²) < 4.78 is 21.4. The molecule has 10 heavy (non-hydrogen) atoms. The summed E-state index contributed by atoms with van der Waals surface area (Å²) in [5.41, 5.74) is 0. The molecule has 0 aromatic rings. The van der Waals surface area contributed by atoms with Crippen LogP contribution in [-0.2, 0) is 14.6 Å². The lowest BCUT2D eigenvalue weighted by Crippen LogP contribution is -2.36. The molecule has 5 heteroatoms. The van der Waals surface area contributed by atoms with Crippen LogP contribution in [0.15, 0.2) is 0 Å². The number of aliphatic hydroxyl groups is 1. The fourth-order valence-corrected chi connectivity index (χ4v) is 2.19. The van der Waals surface area contributed by atoms with E-state index in [1.54, 1.807) is 0 Å². The fourth-order valence-electron chi connectivity index (χ4n) is 0.840. The molecule has 1 heterocycles. The second kappa shape index (κ2) is 2.32. The van der Waals surface area contributed by atoms with Gasteiger partial charge in [0.05, 0.1) is 11.5 Å². The Bertz CT molecular complexity index is 240. The highest BCUT2D eigenvalue weighted by molar-refractivity contribution is 7.91. The van der Waals surface area contributed by atoms with Crippen molar-refractivity contribution in [2.45, 2.75) is 12.5 Å². The maximum atomic E-state index is 10.7. The van der Waals surface area contributed by atoms with E-state index in [2.05, 4.69) is 0 Å². The van der Waals surface area contributed by atoms with E-state index in [4.69, 9.17) is 5.11 Å². The van der Waals surface area contributed by atoms with Crippen molar-refractivity contribution in [2.24, 2.45) is 0 Å². The van der Waals surface area contributed by atoms with Gasteiger partial charge in [0.15, 0.2) is 15.6 Å². The van der Waals surface area contributed by atoms with Crippen LogP contribution in [0, 0.1) is 0 Å². The second-order valence-corrected chi connectivity index (χ2v) is 4.58. The number of ketones is 1. The Kier molecular flexibility index (Phi) is 1.78. The summed E-state index contributed by atoms with van der Waals surface area (Å²) in [6.07, 6.45) is -1.32. The largest absolute Gasteiger partial charge is 0.384 e. The topological polar surface area (TPSA) is 71.4 Å². The van der Waals surface area contributed by atoms with Gasteiger partial charge in [-0.25, -0.2) is 8.42 Å². The summed E-state index contributed by atoms with van der Waals surface area (Å²) >= 11 is 0. The summed E-state index contributed by atoms with van der Waals surface area (Å²) in [7, 11) is -3.14. The van der Waals surface area contributed by atoms with Crippen LogP contribution in [-0.4, -0.2) is 36.9 Å². The van der Waals surface area contributed by atoms with E-state index >= 15 is 0 Å². The molecule has 1 aliphatic rings. The molecule has 0 bridgehead atoms. The lowest BCUT2D eigenvalue weighted by molar-refractivity contribution is -0.126. The smallest absolute Gasteiger partial charge is 0.163 e. The molecule has 1 atom stereocenters. The van der Waals surface area contributed by atoms with Crippen molar-refractivity contribution in [3.05, 3.63) is 0 Å². The standard InChI is InChI=1S/C5H8O4S/c6-4-1-2-10(8,9)3-5(4)7/h5,7H,1-3H2/t5-/m0/s1. The molecular formula is C5H8O4S. The van der Waals surface area contributed by atoms with E-state index in [1.165, 1.54) is 0 Å². The fraction of sp³-hybridized carbons (Fsp3) is 0.800. The van der Waals surface area contributed by atoms with E-state index in [-0.39, 0.29) is 18.0 Å². The van der Waals surface area contributed by atoms with Crippen molar-refractivity contribution in [3.8, 4) is 0 Å². The SMILES string of the molecule is O=C1CCS(=O)(=O)C[C@@H]1O. The summed E-state index contributed by atoms with van der Waals surface area (Å²) in [4.78, 5) is 10.6. The predicted molar refractivity (Wildman–Crippen MR) is 34.3 cm³/mol. The van der Waals surface area contributed by atoms with E-state index in [1.807, 2.05) is 0 Å². The van der Waals surface area contributed by atoms with Crippen LogP contribution < -0.4 is 0 Å². The molecule has 0 unspecified atom stereocenters. The maximum Gasteiger partial charge on any atom is 0.163 e. The first-order chi connectivity index (χ1) is 4.51. The molecule has 1 N–H and O–H groups in total. The minimum atomic E-state index is -3.14. The molecule has 1 rings (SSSR count). The highest BCUT2D eigenvalue weighted by Gasteiger charge is 2.29. The minimum Gasteiger partial charge on any atom is -0.384 e. The third-order valence-corrected chi connectivity index (χ3v) is 3.09. The van der Waals surface area contributed by atoms with Gasteiger partial charge in [-0.3, -0.25) is 4.79 Å². The molecule has 1 saturated heterocycles. The number of sulfone groups is 1. The van der Waals surface area contributed by atoms with E-state index in [0.717, 1.165) is 0 Å². The maximum absolute atomic E-state index is 10.7. The molecular weight excluding hydrogens is 156 g/mol. The number of carbonyl (C=O) groups excluding carboxylic acids is 1. The van der Waals surface area contributed by atoms with Crippen molar-refractivity contribution >= 4 is 15.6 Å². The van der Waals surface area contributed by atoms with Crippen LogP contribution in [0.4, 0.5) is 0 Å². The van der Waals surface area contributed by atoms with Crippen LogP contribution in [0.2, 0.25) is 0 Å². The van der Waals surface area contributed by atoms with Gasteiger partial charge in [-0.05, 0) is 0 Å². The summed E-state index contributed by atoms with van der Waals surface area (Å²) in [5.74, 6) is -0.871. The molecule has 0 aromatic carbocycles. The predicted octanol–water partition coefficient (Wildman–Crippen LogP) is -1.27. The Labute approximate surface area is 58.8 Å². The number of hydrogen-bond donors (Lipinski definition) is 1. The Morgan fingerprint density at radius 2 is 2.10 bits per heavy atom. The van der Waals surface area contributed by atoms with Gasteiger partial charge in [0.25, 0.3) is 0 Å². The molecule has 0 saturated carbocycles. The number of Topliss-reactive ketones (excluding diaryl/α,β-unsaturated/α-hetero) is 1. The third kappa shape index (κ3) is 1.54. The molecule has 0 radical (unpaired) electrons. The second-order valence-electron chi connectivity index (χ2n) is 2.35. The molecule has 0 amide bonds. The summed E-state index contributed by atoms with van der Waals surface area (Å²) in [6.45, 7) is 0. The molecule has 4 nitrogen and oxygen atoms in total. The van der Waals surface area contributed by atoms with Crippen LogP contribution in [0.1, 0.15) is 6.42 Å². The number of carbonyl (C=O) groups is 1.